The highest BCUT2D eigenvalue weighted by atomic mass is 32.1. The van der Waals surface area contributed by atoms with Gasteiger partial charge in [-0.3, -0.25) is 5.32 Å². The number of urea groups is 1. The van der Waals surface area contributed by atoms with Crippen molar-refractivity contribution in [1.29, 1.82) is 0 Å². The van der Waals surface area contributed by atoms with E-state index in [0.29, 0.717) is 11.7 Å². The summed E-state index contributed by atoms with van der Waals surface area (Å²) >= 11 is 1.39. The molecule has 0 aromatic carbocycles. The predicted molar refractivity (Wildman–Crippen MR) is 76.4 cm³/mol. The SMILES string of the molecule is C=CCN(CCO)C(=O)Nc1nnc(CCCC)s1. The fourth-order valence-electron chi connectivity index (χ4n) is 1.46. The molecule has 1 aromatic heterocycles. The Hall–Kier alpha value is -1.47. The maximum absolute atomic E-state index is 11.9. The summed E-state index contributed by atoms with van der Waals surface area (Å²) in [6.45, 7) is 6.26. The first-order chi connectivity index (χ1) is 9.21. The van der Waals surface area contributed by atoms with Crippen molar-refractivity contribution >= 4 is 22.5 Å². The standard InChI is InChI=1S/C12H20N4O2S/c1-3-5-6-10-14-15-11(19-10)13-12(18)16(7-4-2)8-9-17/h4,17H,2-3,5-9H2,1H3,(H,13,15,18). The van der Waals surface area contributed by atoms with Crippen LogP contribution in [0.4, 0.5) is 9.93 Å². The number of hydrogen-bond acceptors (Lipinski definition) is 5. The van der Waals surface area contributed by atoms with Crippen molar-refractivity contribution in [2.24, 2.45) is 0 Å². The van der Waals surface area contributed by atoms with Crippen molar-refractivity contribution in [3.63, 3.8) is 0 Å². The Kier molecular flexibility index (Phi) is 7.06. The minimum atomic E-state index is -0.299. The van der Waals surface area contributed by atoms with Crippen LogP contribution < -0.4 is 5.32 Å². The summed E-state index contributed by atoms with van der Waals surface area (Å²) in [5.74, 6) is 0. The van der Waals surface area contributed by atoms with Crippen LogP contribution in [-0.2, 0) is 6.42 Å². The number of carbonyl (C=O) groups is 1. The molecule has 0 aliphatic rings. The van der Waals surface area contributed by atoms with E-state index in [2.05, 4.69) is 29.0 Å². The minimum Gasteiger partial charge on any atom is -0.395 e. The molecule has 0 atom stereocenters. The Morgan fingerprint density at radius 1 is 1.58 bits per heavy atom. The third-order valence-corrected chi connectivity index (χ3v) is 3.33. The third-order valence-electron chi connectivity index (χ3n) is 2.43. The molecular formula is C12H20N4O2S. The molecule has 1 rings (SSSR count). The number of amides is 2. The number of aryl methyl sites for hydroxylation is 1. The molecule has 0 saturated heterocycles. The average Bonchev–Trinajstić information content (AvgIpc) is 2.83. The Balaban J connectivity index is 2.54. The topological polar surface area (TPSA) is 78.4 Å². The molecule has 6 nitrogen and oxygen atoms in total. The summed E-state index contributed by atoms with van der Waals surface area (Å²) < 4.78 is 0. The number of hydrogen-bond donors (Lipinski definition) is 2. The van der Waals surface area contributed by atoms with E-state index in [1.54, 1.807) is 6.08 Å². The second kappa shape index (κ2) is 8.60. The van der Waals surface area contributed by atoms with E-state index in [9.17, 15) is 4.79 Å². The Morgan fingerprint density at radius 3 is 3.00 bits per heavy atom. The molecular weight excluding hydrogens is 264 g/mol. The lowest BCUT2D eigenvalue weighted by Gasteiger charge is -2.19. The molecule has 106 valence electrons. The van der Waals surface area contributed by atoms with Crippen LogP contribution in [0, 0.1) is 0 Å². The number of aliphatic hydroxyl groups is 1. The molecule has 0 radical (unpaired) electrons. The zero-order chi connectivity index (χ0) is 14.1. The lowest BCUT2D eigenvalue weighted by Crippen LogP contribution is -2.37. The van der Waals surface area contributed by atoms with Gasteiger partial charge in [0.2, 0.25) is 5.13 Å². The van der Waals surface area contributed by atoms with E-state index < -0.39 is 0 Å². The van der Waals surface area contributed by atoms with E-state index in [-0.39, 0.29) is 19.2 Å². The monoisotopic (exact) mass is 284 g/mol. The highest BCUT2D eigenvalue weighted by molar-refractivity contribution is 7.15. The molecule has 0 fully saturated rings. The summed E-state index contributed by atoms with van der Waals surface area (Å²) in [6.07, 6.45) is 4.67. The third kappa shape index (κ3) is 5.35. The number of aliphatic hydroxyl groups excluding tert-OH is 1. The van der Waals surface area contributed by atoms with Crippen molar-refractivity contribution in [2.75, 3.05) is 25.0 Å². The van der Waals surface area contributed by atoms with E-state index >= 15 is 0 Å². The maximum atomic E-state index is 11.9. The molecule has 0 aliphatic carbocycles. The van der Waals surface area contributed by atoms with Gasteiger partial charge in [-0.25, -0.2) is 4.79 Å². The van der Waals surface area contributed by atoms with E-state index in [4.69, 9.17) is 5.11 Å². The molecule has 0 saturated carbocycles. The fraction of sp³-hybridized carbons (Fsp3) is 0.583. The largest absolute Gasteiger partial charge is 0.395 e. The van der Waals surface area contributed by atoms with Gasteiger partial charge in [0.1, 0.15) is 5.01 Å². The number of nitrogens with zero attached hydrogens (tertiary/aromatic N) is 3. The van der Waals surface area contributed by atoms with Gasteiger partial charge >= 0.3 is 6.03 Å². The molecule has 2 N–H and O–H groups in total. The lowest BCUT2D eigenvalue weighted by atomic mass is 10.3. The Labute approximate surface area is 117 Å². The quantitative estimate of drug-likeness (QED) is 0.715. The molecule has 19 heavy (non-hydrogen) atoms. The molecule has 0 bridgehead atoms. The smallest absolute Gasteiger partial charge is 0.324 e. The summed E-state index contributed by atoms with van der Waals surface area (Å²) in [7, 11) is 0. The first-order valence-corrected chi connectivity index (χ1v) is 7.13. The highest BCUT2D eigenvalue weighted by Crippen LogP contribution is 2.17. The van der Waals surface area contributed by atoms with Crippen LogP contribution in [0.15, 0.2) is 12.7 Å². The van der Waals surface area contributed by atoms with Crippen molar-refractivity contribution in [1.82, 2.24) is 15.1 Å². The number of aromatic nitrogens is 2. The summed E-state index contributed by atoms with van der Waals surface area (Å²) in [6, 6.07) is -0.299. The number of unbranched alkanes of at least 4 members (excludes halogenated alkanes) is 1. The molecule has 0 aliphatic heterocycles. The zero-order valence-corrected chi connectivity index (χ0v) is 11.9. The van der Waals surface area contributed by atoms with Gasteiger partial charge in [-0.15, -0.1) is 16.8 Å². The Morgan fingerprint density at radius 2 is 2.37 bits per heavy atom. The van der Waals surface area contributed by atoms with Crippen molar-refractivity contribution in [3.05, 3.63) is 17.7 Å². The summed E-state index contributed by atoms with van der Waals surface area (Å²) in [5.41, 5.74) is 0. The van der Waals surface area contributed by atoms with Gasteiger partial charge in [0, 0.05) is 19.5 Å². The normalized spacial score (nSPS) is 10.2. The first kappa shape index (κ1) is 15.6. The molecule has 0 unspecified atom stereocenters. The van der Waals surface area contributed by atoms with Crippen LogP contribution in [0.2, 0.25) is 0 Å². The molecule has 1 aromatic rings. The second-order valence-corrected chi connectivity index (χ2v) is 5.06. The number of anilines is 1. The van der Waals surface area contributed by atoms with Crippen molar-refractivity contribution in [2.45, 2.75) is 26.2 Å². The van der Waals surface area contributed by atoms with Gasteiger partial charge in [0.15, 0.2) is 0 Å². The zero-order valence-electron chi connectivity index (χ0n) is 11.1. The molecule has 1 heterocycles. The number of carbonyl (C=O) groups excluding carboxylic acids is 1. The van der Waals surface area contributed by atoms with E-state index in [1.807, 2.05) is 0 Å². The number of nitrogens with one attached hydrogen (secondary N) is 1. The minimum absolute atomic E-state index is 0.0842. The maximum Gasteiger partial charge on any atom is 0.324 e. The van der Waals surface area contributed by atoms with Crippen LogP contribution in [0.1, 0.15) is 24.8 Å². The van der Waals surface area contributed by atoms with Crippen LogP contribution in [-0.4, -0.2) is 45.9 Å². The van der Waals surface area contributed by atoms with Gasteiger partial charge in [-0.1, -0.05) is 30.8 Å². The van der Waals surface area contributed by atoms with Gasteiger partial charge in [-0.05, 0) is 6.42 Å². The van der Waals surface area contributed by atoms with Gasteiger partial charge < -0.3 is 10.0 Å². The van der Waals surface area contributed by atoms with E-state index in [0.717, 1.165) is 24.3 Å². The fourth-order valence-corrected chi connectivity index (χ4v) is 2.23. The van der Waals surface area contributed by atoms with Crippen molar-refractivity contribution < 1.29 is 9.90 Å². The molecule has 0 spiro atoms. The Bertz CT molecular complexity index is 408. The number of rotatable bonds is 8. The summed E-state index contributed by atoms with van der Waals surface area (Å²) in [4.78, 5) is 13.4. The first-order valence-electron chi connectivity index (χ1n) is 6.31. The van der Waals surface area contributed by atoms with Crippen LogP contribution in [0.5, 0.6) is 0 Å². The van der Waals surface area contributed by atoms with E-state index in [1.165, 1.54) is 16.2 Å². The van der Waals surface area contributed by atoms with Crippen LogP contribution in [0.25, 0.3) is 0 Å². The summed E-state index contributed by atoms with van der Waals surface area (Å²) in [5, 5.41) is 21.0. The van der Waals surface area contributed by atoms with Gasteiger partial charge in [0.25, 0.3) is 0 Å². The van der Waals surface area contributed by atoms with Crippen molar-refractivity contribution in [3.8, 4) is 0 Å². The highest BCUT2D eigenvalue weighted by Gasteiger charge is 2.13. The van der Waals surface area contributed by atoms with Gasteiger partial charge in [-0.2, -0.15) is 0 Å². The second-order valence-electron chi connectivity index (χ2n) is 3.99. The molecule has 2 amide bonds. The average molecular weight is 284 g/mol. The van der Waals surface area contributed by atoms with Crippen LogP contribution in [0.3, 0.4) is 0 Å². The lowest BCUT2D eigenvalue weighted by molar-refractivity contribution is 0.195. The van der Waals surface area contributed by atoms with Gasteiger partial charge in [0.05, 0.1) is 6.61 Å². The van der Waals surface area contributed by atoms with Crippen LogP contribution >= 0.6 is 11.3 Å². The predicted octanol–water partition coefficient (Wildman–Crippen LogP) is 1.89. The molecule has 7 heteroatoms.